The van der Waals surface area contributed by atoms with E-state index < -0.39 is 16.4 Å². The van der Waals surface area contributed by atoms with Gasteiger partial charge in [-0.3, -0.25) is 14.9 Å². The van der Waals surface area contributed by atoms with E-state index in [9.17, 15) is 19.3 Å². The van der Waals surface area contributed by atoms with Crippen LogP contribution in [-0.2, 0) is 0 Å². The largest absolute Gasteiger partial charge is 0.439 e. The number of nitrogens with zero attached hydrogens (tertiary/aromatic N) is 1. The van der Waals surface area contributed by atoms with Gasteiger partial charge in [0.05, 0.1) is 15.9 Å². The lowest BCUT2D eigenvalue weighted by molar-refractivity contribution is -0.385. The smallest absolute Gasteiger partial charge is 0.314 e. The molecule has 92 valence electrons. The van der Waals surface area contributed by atoms with Gasteiger partial charge >= 0.3 is 5.69 Å². The van der Waals surface area contributed by atoms with Crippen molar-refractivity contribution < 1.29 is 18.8 Å². The Kier molecular flexibility index (Phi) is 3.33. The Morgan fingerprint density at radius 1 is 1.33 bits per heavy atom. The van der Waals surface area contributed by atoms with Crippen molar-refractivity contribution in [1.29, 1.82) is 0 Å². The molecule has 0 atom stereocenters. The number of nitro benzene ring substituents is 1. The number of hydrogen-bond donors (Lipinski definition) is 0. The highest BCUT2D eigenvalue weighted by atomic mass is 32.1. The van der Waals surface area contributed by atoms with E-state index in [1.807, 2.05) is 0 Å². The maximum atomic E-state index is 12.9. The van der Waals surface area contributed by atoms with Crippen molar-refractivity contribution >= 4 is 23.3 Å². The average molecular weight is 267 g/mol. The number of carbonyl (C=O) groups excluding carboxylic acids is 1. The van der Waals surface area contributed by atoms with Crippen LogP contribution in [0.15, 0.2) is 30.3 Å². The highest BCUT2D eigenvalue weighted by Crippen LogP contribution is 2.34. The second-order valence-corrected chi connectivity index (χ2v) is 4.32. The van der Waals surface area contributed by atoms with Crippen LogP contribution in [0, 0.1) is 15.9 Å². The van der Waals surface area contributed by atoms with Gasteiger partial charge in [-0.15, -0.1) is 0 Å². The molecule has 0 N–H and O–H groups in total. The first kappa shape index (κ1) is 12.2. The first-order valence-corrected chi connectivity index (χ1v) is 5.58. The minimum Gasteiger partial charge on any atom is -0.439 e. The lowest BCUT2D eigenvalue weighted by Gasteiger charge is -2.03. The highest BCUT2D eigenvalue weighted by Gasteiger charge is 2.17. The van der Waals surface area contributed by atoms with E-state index >= 15 is 0 Å². The fraction of sp³-hybridized carbons (Fsp3) is 0. The Labute approximate surface area is 105 Å². The van der Waals surface area contributed by atoms with Gasteiger partial charge in [0, 0.05) is 0 Å². The molecule has 0 aliphatic heterocycles. The van der Waals surface area contributed by atoms with Gasteiger partial charge in [-0.1, -0.05) is 11.3 Å². The van der Waals surface area contributed by atoms with E-state index in [-0.39, 0.29) is 5.75 Å². The average Bonchev–Trinajstić information content (AvgIpc) is 2.79. The van der Waals surface area contributed by atoms with E-state index in [1.165, 1.54) is 18.2 Å². The number of halogens is 1. The van der Waals surface area contributed by atoms with Gasteiger partial charge in [-0.25, -0.2) is 4.39 Å². The predicted octanol–water partition coefficient (Wildman–Crippen LogP) is 3.40. The zero-order valence-corrected chi connectivity index (χ0v) is 9.65. The molecule has 0 unspecified atom stereocenters. The quantitative estimate of drug-likeness (QED) is 0.483. The summed E-state index contributed by atoms with van der Waals surface area (Å²) in [7, 11) is 0. The van der Waals surface area contributed by atoms with Crippen LogP contribution in [0.4, 0.5) is 10.1 Å². The van der Waals surface area contributed by atoms with Crippen molar-refractivity contribution in [3.8, 4) is 10.8 Å². The lowest BCUT2D eigenvalue weighted by Crippen LogP contribution is -1.93. The number of nitro groups is 1. The molecule has 0 aliphatic rings. The summed E-state index contributed by atoms with van der Waals surface area (Å²) >= 11 is 1.05. The standard InChI is InChI=1S/C11H6FNO4S/c12-7-1-3-10(9(5-7)13(15)16)17-11-4-2-8(6-14)18-11/h1-6H. The molecule has 1 aromatic heterocycles. The van der Waals surface area contributed by atoms with Crippen molar-refractivity contribution in [2.24, 2.45) is 0 Å². The Morgan fingerprint density at radius 2 is 2.11 bits per heavy atom. The highest BCUT2D eigenvalue weighted by molar-refractivity contribution is 7.15. The Bertz CT molecular complexity index is 611. The van der Waals surface area contributed by atoms with Crippen LogP contribution >= 0.6 is 11.3 Å². The molecule has 2 rings (SSSR count). The molecule has 0 amide bonds. The van der Waals surface area contributed by atoms with Crippen molar-refractivity contribution in [2.45, 2.75) is 0 Å². The zero-order valence-electron chi connectivity index (χ0n) is 8.83. The van der Waals surface area contributed by atoms with Crippen LogP contribution in [0.2, 0.25) is 0 Å². The predicted molar refractivity (Wildman–Crippen MR) is 62.8 cm³/mol. The first-order chi connectivity index (χ1) is 8.60. The van der Waals surface area contributed by atoms with Gasteiger partial charge in [-0.2, -0.15) is 0 Å². The van der Waals surface area contributed by atoms with Gasteiger partial charge in [0.15, 0.2) is 11.3 Å². The van der Waals surface area contributed by atoms with E-state index in [0.717, 1.165) is 23.5 Å². The molecule has 7 heteroatoms. The minimum absolute atomic E-state index is 0.0688. The molecule has 2 aromatic rings. The molecule has 0 fully saturated rings. The van der Waals surface area contributed by atoms with Crippen LogP contribution in [0.25, 0.3) is 0 Å². The summed E-state index contributed by atoms with van der Waals surface area (Å²) in [6.45, 7) is 0. The zero-order chi connectivity index (χ0) is 13.1. The fourth-order valence-corrected chi connectivity index (χ4v) is 1.96. The number of carbonyl (C=O) groups is 1. The van der Waals surface area contributed by atoms with Crippen LogP contribution < -0.4 is 4.74 Å². The maximum Gasteiger partial charge on any atom is 0.314 e. The van der Waals surface area contributed by atoms with Gasteiger partial charge in [0.2, 0.25) is 5.75 Å². The SMILES string of the molecule is O=Cc1ccc(Oc2ccc(F)cc2[N+](=O)[O-])s1. The lowest BCUT2D eigenvalue weighted by atomic mass is 10.3. The molecule has 0 aliphatic carbocycles. The van der Waals surface area contributed by atoms with Gasteiger partial charge in [0.25, 0.3) is 0 Å². The molecule has 0 radical (unpaired) electrons. The molecular weight excluding hydrogens is 261 g/mol. The molecule has 0 saturated carbocycles. The molecule has 0 bridgehead atoms. The van der Waals surface area contributed by atoms with Gasteiger partial charge in [-0.05, 0) is 24.3 Å². The Balaban J connectivity index is 2.33. The molecule has 0 spiro atoms. The number of hydrogen-bond acceptors (Lipinski definition) is 5. The topological polar surface area (TPSA) is 69.4 Å². The molecule has 5 nitrogen and oxygen atoms in total. The molecule has 18 heavy (non-hydrogen) atoms. The van der Waals surface area contributed by atoms with Crippen molar-refractivity contribution in [1.82, 2.24) is 0 Å². The molecule has 1 aromatic carbocycles. The minimum atomic E-state index is -0.730. The number of rotatable bonds is 4. The van der Waals surface area contributed by atoms with Crippen LogP contribution in [0.5, 0.6) is 10.8 Å². The summed E-state index contributed by atoms with van der Waals surface area (Å²) < 4.78 is 18.2. The summed E-state index contributed by atoms with van der Waals surface area (Å²) in [6.07, 6.45) is 0.649. The molecule has 0 saturated heterocycles. The summed E-state index contributed by atoms with van der Waals surface area (Å²) in [6, 6.07) is 6.07. The third-order valence-corrected chi connectivity index (χ3v) is 2.94. The fourth-order valence-electron chi connectivity index (χ4n) is 1.28. The van der Waals surface area contributed by atoms with Gasteiger partial charge in [0.1, 0.15) is 5.82 Å². The molecular formula is C11H6FNO4S. The summed E-state index contributed by atoms with van der Waals surface area (Å²) in [4.78, 5) is 20.9. The van der Waals surface area contributed by atoms with E-state index in [2.05, 4.69) is 0 Å². The second kappa shape index (κ2) is 4.92. The number of aldehydes is 1. The monoisotopic (exact) mass is 267 g/mol. The normalized spacial score (nSPS) is 10.1. The third kappa shape index (κ3) is 2.51. The summed E-state index contributed by atoms with van der Waals surface area (Å²) in [5.74, 6) is -0.783. The number of ether oxygens (including phenoxy) is 1. The van der Waals surface area contributed by atoms with E-state index in [4.69, 9.17) is 4.74 Å². The number of benzene rings is 1. The van der Waals surface area contributed by atoms with Crippen molar-refractivity contribution in [3.63, 3.8) is 0 Å². The third-order valence-electron chi connectivity index (χ3n) is 2.05. The van der Waals surface area contributed by atoms with Gasteiger partial charge < -0.3 is 4.74 Å². The van der Waals surface area contributed by atoms with E-state index in [0.29, 0.717) is 16.2 Å². The van der Waals surface area contributed by atoms with Crippen molar-refractivity contribution in [2.75, 3.05) is 0 Å². The number of thiophene rings is 1. The summed E-state index contributed by atoms with van der Waals surface area (Å²) in [5, 5.41) is 11.1. The maximum absolute atomic E-state index is 12.9. The first-order valence-electron chi connectivity index (χ1n) is 4.77. The van der Waals surface area contributed by atoms with Crippen molar-refractivity contribution in [3.05, 3.63) is 51.1 Å². The van der Waals surface area contributed by atoms with E-state index in [1.54, 1.807) is 0 Å². The van der Waals surface area contributed by atoms with Crippen LogP contribution in [-0.4, -0.2) is 11.2 Å². The van der Waals surface area contributed by atoms with Crippen LogP contribution in [0.3, 0.4) is 0 Å². The summed E-state index contributed by atoms with van der Waals surface area (Å²) in [5.41, 5.74) is -0.462. The van der Waals surface area contributed by atoms with Crippen LogP contribution in [0.1, 0.15) is 9.67 Å². The Hall–Kier alpha value is -2.28. The Morgan fingerprint density at radius 3 is 2.72 bits per heavy atom. The second-order valence-electron chi connectivity index (χ2n) is 3.25. The molecule has 1 heterocycles.